The Labute approximate surface area is 156 Å². The van der Waals surface area contributed by atoms with E-state index >= 15 is 0 Å². The SMILES string of the molecule is O=C(Nc1ccc(Oc2ccccc2Cl)cc1)[C@@H]1CC(=O)N(C2CC2)C1. The average Bonchev–Trinajstić information content (AvgIpc) is 3.40. The number of nitrogens with one attached hydrogen (secondary N) is 1. The van der Waals surface area contributed by atoms with Gasteiger partial charge in [0.25, 0.3) is 0 Å². The second kappa shape index (κ2) is 7.00. The molecule has 5 nitrogen and oxygen atoms in total. The first-order chi connectivity index (χ1) is 12.6. The Balaban J connectivity index is 1.36. The molecule has 0 aromatic heterocycles. The number of carbonyl (C=O) groups excluding carboxylic acids is 2. The van der Waals surface area contributed by atoms with Crippen LogP contribution in [0.2, 0.25) is 5.02 Å². The highest BCUT2D eigenvalue weighted by atomic mass is 35.5. The van der Waals surface area contributed by atoms with E-state index in [0.29, 0.717) is 41.2 Å². The Morgan fingerprint density at radius 3 is 2.54 bits per heavy atom. The zero-order valence-electron chi connectivity index (χ0n) is 14.2. The molecule has 26 heavy (non-hydrogen) atoms. The van der Waals surface area contributed by atoms with Crippen LogP contribution in [0, 0.1) is 5.92 Å². The highest BCUT2D eigenvalue weighted by molar-refractivity contribution is 6.32. The molecule has 1 saturated carbocycles. The Morgan fingerprint density at radius 2 is 1.85 bits per heavy atom. The molecule has 134 valence electrons. The summed E-state index contributed by atoms with van der Waals surface area (Å²) in [5.74, 6) is 0.919. The minimum atomic E-state index is -0.276. The molecule has 0 bridgehead atoms. The van der Waals surface area contributed by atoms with Gasteiger partial charge in [0.15, 0.2) is 0 Å². The maximum Gasteiger partial charge on any atom is 0.229 e. The summed E-state index contributed by atoms with van der Waals surface area (Å²) in [6.07, 6.45) is 2.43. The van der Waals surface area contributed by atoms with Gasteiger partial charge in [0.05, 0.1) is 10.9 Å². The summed E-state index contributed by atoms with van der Waals surface area (Å²) >= 11 is 6.08. The van der Waals surface area contributed by atoms with Crippen molar-refractivity contribution in [1.82, 2.24) is 4.90 Å². The van der Waals surface area contributed by atoms with Gasteiger partial charge in [-0.25, -0.2) is 0 Å². The van der Waals surface area contributed by atoms with E-state index in [1.807, 2.05) is 17.0 Å². The highest BCUT2D eigenvalue weighted by Gasteiger charge is 2.41. The second-order valence-electron chi connectivity index (χ2n) is 6.72. The number of nitrogens with zero attached hydrogens (tertiary/aromatic N) is 1. The van der Waals surface area contributed by atoms with Crippen LogP contribution in [0.3, 0.4) is 0 Å². The number of para-hydroxylation sites is 1. The lowest BCUT2D eigenvalue weighted by Crippen LogP contribution is -2.29. The molecule has 2 aromatic rings. The Bertz CT molecular complexity index is 833. The summed E-state index contributed by atoms with van der Waals surface area (Å²) in [6.45, 7) is 0.531. The van der Waals surface area contributed by atoms with E-state index in [1.54, 1.807) is 36.4 Å². The van der Waals surface area contributed by atoms with Gasteiger partial charge in [-0.15, -0.1) is 0 Å². The number of hydrogen-bond donors (Lipinski definition) is 1. The standard InChI is InChI=1S/C20H19ClN2O3/c21-17-3-1-2-4-18(17)26-16-9-5-14(6-10-16)22-20(25)13-11-19(24)23(12-13)15-7-8-15/h1-6,9-10,13,15H,7-8,11-12H2,(H,22,25)/t13-/m1/s1. The summed E-state index contributed by atoms with van der Waals surface area (Å²) in [5, 5.41) is 3.43. The van der Waals surface area contributed by atoms with Crippen molar-refractivity contribution in [3.05, 3.63) is 53.6 Å². The van der Waals surface area contributed by atoms with Crippen LogP contribution in [0.25, 0.3) is 0 Å². The molecule has 1 saturated heterocycles. The van der Waals surface area contributed by atoms with Gasteiger partial charge < -0.3 is 15.0 Å². The van der Waals surface area contributed by atoms with Crippen molar-refractivity contribution in [2.24, 2.45) is 5.92 Å². The van der Waals surface area contributed by atoms with E-state index in [9.17, 15) is 9.59 Å². The molecule has 1 heterocycles. The van der Waals surface area contributed by atoms with Crippen LogP contribution in [0.15, 0.2) is 48.5 Å². The molecule has 1 N–H and O–H groups in total. The van der Waals surface area contributed by atoms with E-state index in [4.69, 9.17) is 16.3 Å². The molecule has 1 atom stereocenters. The van der Waals surface area contributed by atoms with Crippen molar-refractivity contribution in [3.63, 3.8) is 0 Å². The number of carbonyl (C=O) groups is 2. The van der Waals surface area contributed by atoms with Gasteiger partial charge >= 0.3 is 0 Å². The first-order valence-electron chi connectivity index (χ1n) is 8.73. The van der Waals surface area contributed by atoms with Crippen molar-refractivity contribution >= 4 is 29.1 Å². The lowest BCUT2D eigenvalue weighted by molar-refractivity contribution is -0.128. The predicted molar refractivity (Wildman–Crippen MR) is 99.4 cm³/mol. The minimum absolute atomic E-state index is 0.0936. The fourth-order valence-corrected chi connectivity index (χ4v) is 3.33. The Morgan fingerprint density at radius 1 is 1.12 bits per heavy atom. The zero-order chi connectivity index (χ0) is 18.1. The molecule has 1 aliphatic carbocycles. The van der Waals surface area contributed by atoms with Gasteiger partial charge in [-0.05, 0) is 49.2 Å². The smallest absolute Gasteiger partial charge is 0.229 e. The molecule has 6 heteroatoms. The topological polar surface area (TPSA) is 58.6 Å². The minimum Gasteiger partial charge on any atom is -0.456 e. The number of likely N-dealkylation sites (tertiary alicyclic amines) is 1. The summed E-state index contributed by atoms with van der Waals surface area (Å²) in [6, 6.07) is 14.7. The van der Waals surface area contributed by atoms with Gasteiger partial charge in [-0.2, -0.15) is 0 Å². The fraction of sp³-hybridized carbons (Fsp3) is 0.300. The largest absolute Gasteiger partial charge is 0.456 e. The number of rotatable bonds is 5. The van der Waals surface area contributed by atoms with E-state index in [0.717, 1.165) is 12.8 Å². The molecule has 2 fully saturated rings. The molecule has 4 rings (SSSR count). The number of anilines is 1. The van der Waals surface area contributed by atoms with Crippen molar-refractivity contribution in [3.8, 4) is 11.5 Å². The third kappa shape index (κ3) is 3.68. The number of benzene rings is 2. The third-order valence-corrected chi connectivity index (χ3v) is 5.02. The first kappa shape index (κ1) is 16.9. The van der Waals surface area contributed by atoms with Crippen molar-refractivity contribution in [2.75, 3.05) is 11.9 Å². The molecule has 0 unspecified atom stereocenters. The lowest BCUT2D eigenvalue weighted by Gasteiger charge is -2.15. The van der Waals surface area contributed by atoms with E-state index in [2.05, 4.69) is 5.32 Å². The molecule has 2 amide bonds. The monoisotopic (exact) mass is 370 g/mol. The zero-order valence-corrected chi connectivity index (χ0v) is 14.9. The molecular formula is C20H19ClN2O3. The summed E-state index contributed by atoms with van der Waals surface area (Å²) < 4.78 is 5.73. The van der Waals surface area contributed by atoms with E-state index < -0.39 is 0 Å². The predicted octanol–water partition coefficient (Wildman–Crippen LogP) is 4.08. The summed E-state index contributed by atoms with van der Waals surface area (Å²) in [5.41, 5.74) is 0.679. The molecule has 0 radical (unpaired) electrons. The number of halogens is 1. The van der Waals surface area contributed by atoms with E-state index in [-0.39, 0.29) is 17.7 Å². The van der Waals surface area contributed by atoms with E-state index in [1.165, 1.54) is 0 Å². The van der Waals surface area contributed by atoms with Crippen LogP contribution in [-0.4, -0.2) is 29.3 Å². The van der Waals surface area contributed by atoms with Gasteiger partial charge in [0.1, 0.15) is 11.5 Å². The summed E-state index contributed by atoms with van der Waals surface area (Å²) in [4.78, 5) is 26.3. The quantitative estimate of drug-likeness (QED) is 0.862. The normalized spacial score (nSPS) is 19.5. The van der Waals surface area contributed by atoms with Crippen molar-refractivity contribution < 1.29 is 14.3 Å². The number of hydrogen-bond acceptors (Lipinski definition) is 3. The lowest BCUT2D eigenvalue weighted by atomic mass is 10.1. The third-order valence-electron chi connectivity index (χ3n) is 4.70. The molecule has 2 aromatic carbocycles. The summed E-state index contributed by atoms with van der Waals surface area (Å²) in [7, 11) is 0. The van der Waals surface area contributed by atoms with Crippen molar-refractivity contribution in [1.29, 1.82) is 0 Å². The second-order valence-corrected chi connectivity index (χ2v) is 7.13. The molecule has 2 aliphatic rings. The van der Waals surface area contributed by atoms with Gasteiger partial charge in [-0.3, -0.25) is 9.59 Å². The van der Waals surface area contributed by atoms with Crippen LogP contribution >= 0.6 is 11.6 Å². The molecule has 1 aliphatic heterocycles. The maximum absolute atomic E-state index is 12.4. The first-order valence-corrected chi connectivity index (χ1v) is 9.11. The van der Waals surface area contributed by atoms with Gasteiger partial charge in [-0.1, -0.05) is 23.7 Å². The van der Waals surface area contributed by atoms with Gasteiger partial charge in [0, 0.05) is 24.7 Å². The van der Waals surface area contributed by atoms with Crippen LogP contribution in [0.1, 0.15) is 19.3 Å². The maximum atomic E-state index is 12.4. The number of amides is 2. The average molecular weight is 371 g/mol. The number of ether oxygens (including phenoxy) is 1. The molecular weight excluding hydrogens is 352 g/mol. The van der Waals surface area contributed by atoms with Crippen LogP contribution < -0.4 is 10.1 Å². The molecule has 0 spiro atoms. The van der Waals surface area contributed by atoms with Crippen molar-refractivity contribution in [2.45, 2.75) is 25.3 Å². The Kier molecular flexibility index (Phi) is 4.55. The van der Waals surface area contributed by atoms with Crippen LogP contribution in [0.5, 0.6) is 11.5 Å². The van der Waals surface area contributed by atoms with Crippen LogP contribution in [0.4, 0.5) is 5.69 Å². The van der Waals surface area contributed by atoms with Gasteiger partial charge in [0.2, 0.25) is 11.8 Å². The fourth-order valence-electron chi connectivity index (χ4n) is 3.15. The van der Waals surface area contributed by atoms with Crippen LogP contribution in [-0.2, 0) is 9.59 Å². The Hall–Kier alpha value is -2.53. The highest BCUT2D eigenvalue weighted by Crippen LogP contribution is 2.33.